The largest absolute Gasteiger partial charge is 0.373 e. The Morgan fingerprint density at radius 2 is 1.91 bits per heavy atom. The molecule has 2 heterocycles. The van der Waals surface area contributed by atoms with E-state index in [1.54, 1.807) is 0 Å². The molecule has 0 aromatic carbocycles. The predicted octanol–water partition coefficient (Wildman–Crippen LogP) is 4.41. The van der Waals surface area contributed by atoms with Crippen molar-refractivity contribution in [3.05, 3.63) is 23.9 Å². The quantitative estimate of drug-likeness (QED) is 0.495. The molecule has 196 valence electrons. The van der Waals surface area contributed by atoms with Crippen molar-refractivity contribution in [3.8, 4) is 0 Å². The topological polar surface area (TPSA) is 46.5 Å². The molecule has 0 radical (unpaired) electrons. The second kappa shape index (κ2) is 11.3. The van der Waals surface area contributed by atoms with E-state index in [1.807, 2.05) is 0 Å². The number of rotatable bonds is 9. The van der Waals surface area contributed by atoms with E-state index in [0.717, 1.165) is 74.9 Å². The van der Waals surface area contributed by atoms with E-state index < -0.39 is 0 Å². The summed E-state index contributed by atoms with van der Waals surface area (Å²) in [5.74, 6) is 2.96. The first-order valence-electron chi connectivity index (χ1n) is 14.1. The zero-order valence-electron chi connectivity index (χ0n) is 23.3. The molecule has 4 rings (SSSR count). The van der Waals surface area contributed by atoms with E-state index in [9.17, 15) is 0 Å². The van der Waals surface area contributed by atoms with Gasteiger partial charge in [0, 0.05) is 38.8 Å². The van der Waals surface area contributed by atoms with E-state index in [0.29, 0.717) is 5.41 Å². The maximum atomic E-state index is 5.10. The van der Waals surface area contributed by atoms with Gasteiger partial charge in [0.15, 0.2) is 0 Å². The molecule has 3 atom stereocenters. The van der Waals surface area contributed by atoms with Crippen LogP contribution in [0.3, 0.4) is 0 Å². The lowest BCUT2D eigenvalue weighted by molar-refractivity contribution is 0.0991. The zero-order valence-corrected chi connectivity index (χ0v) is 23.3. The highest BCUT2D eigenvalue weighted by molar-refractivity contribution is 6.05. The third-order valence-corrected chi connectivity index (χ3v) is 9.28. The highest BCUT2D eigenvalue weighted by atomic mass is 15.3. The molecule has 35 heavy (non-hydrogen) atoms. The molecule has 1 saturated carbocycles. The van der Waals surface area contributed by atoms with Gasteiger partial charge in [-0.3, -0.25) is 9.80 Å². The summed E-state index contributed by atoms with van der Waals surface area (Å²) in [6.07, 6.45) is 14.1. The summed E-state index contributed by atoms with van der Waals surface area (Å²) in [7, 11) is 4.27. The van der Waals surface area contributed by atoms with Crippen LogP contribution >= 0.6 is 0 Å². The minimum atomic E-state index is -0.125. The summed E-state index contributed by atoms with van der Waals surface area (Å²) in [4.78, 5) is 17.7. The number of hydrogen-bond acceptors (Lipinski definition) is 6. The van der Waals surface area contributed by atoms with Crippen molar-refractivity contribution in [3.63, 3.8) is 0 Å². The first kappa shape index (κ1) is 26.6. The Bertz CT molecular complexity index is 845. The average molecular weight is 483 g/mol. The maximum Gasteiger partial charge on any atom is 0.144 e. The number of nitrogens with zero attached hydrogens (tertiary/aromatic N) is 5. The molecule has 0 aromatic rings. The van der Waals surface area contributed by atoms with Gasteiger partial charge in [0.05, 0.1) is 17.7 Å². The van der Waals surface area contributed by atoms with Crippen molar-refractivity contribution < 1.29 is 0 Å². The molecule has 0 bridgehead atoms. The summed E-state index contributed by atoms with van der Waals surface area (Å²) in [6, 6.07) is 0.788. The van der Waals surface area contributed by atoms with Gasteiger partial charge in [-0.2, -0.15) is 0 Å². The molecule has 2 aliphatic carbocycles. The molecule has 3 unspecified atom stereocenters. The Morgan fingerprint density at radius 3 is 2.63 bits per heavy atom. The minimum absolute atomic E-state index is 0.125. The molecule has 0 amide bonds. The van der Waals surface area contributed by atoms with Crippen LogP contribution in [0.25, 0.3) is 0 Å². The number of nitrogens with one attached hydrogen (secondary N) is 1. The van der Waals surface area contributed by atoms with Crippen LogP contribution in [-0.4, -0.2) is 92.3 Å². The van der Waals surface area contributed by atoms with E-state index in [2.05, 4.69) is 80.0 Å². The smallest absolute Gasteiger partial charge is 0.144 e. The van der Waals surface area contributed by atoms with Crippen LogP contribution in [0.5, 0.6) is 0 Å². The molecule has 0 spiro atoms. The van der Waals surface area contributed by atoms with E-state index in [4.69, 9.17) is 9.98 Å². The van der Waals surface area contributed by atoms with Crippen LogP contribution < -0.4 is 5.32 Å². The summed E-state index contributed by atoms with van der Waals surface area (Å²) in [6.45, 7) is 17.1. The third kappa shape index (κ3) is 6.26. The van der Waals surface area contributed by atoms with Crippen molar-refractivity contribution in [2.24, 2.45) is 26.7 Å². The molecular formula is C29H50N6. The lowest BCUT2D eigenvalue weighted by Gasteiger charge is -2.40. The van der Waals surface area contributed by atoms with Gasteiger partial charge in [-0.15, -0.1) is 0 Å². The fourth-order valence-electron chi connectivity index (χ4n) is 6.23. The number of piperazine rings is 1. The highest BCUT2D eigenvalue weighted by Crippen LogP contribution is 2.43. The summed E-state index contributed by atoms with van der Waals surface area (Å²) in [5.41, 5.74) is 1.53. The van der Waals surface area contributed by atoms with Crippen LogP contribution in [-0.2, 0) is 0 Å². The second-order valence-corrected chi connectivity index (χ2v) is 12.4. The lowest BCUT2D eigenvalue weighted by atomic mass is 9.76. The number of aliphatic imine (C=N–C) groups is 2. The fraction of sp³-hybridized carbons (Fsp3) is 0.793. The molecule has 0 aromatic heterocycles. The molecule has 1 N–H and O–H groups in total. The van der Waals surface area contributed by atoms with Gasteiger partial charge in [0.25, 0.3) is 0 Å². The summed E-state index contributed by atoms with van der Waals surface area (Å²) in [5, 5.41) is 3.69. The van der Waals surface area contributed by atoms with E-state index in [-0.39, 0.29) is 5.41 Å². The Labute approximate surface area is 214 Å². The summed E-state index contributed by atoms with van der Waals surface area (Å²) < 4.78 is 0. The Balaban J connectivity index is 1.33. The number of allylic oxidation sites excluding steroid dienone is 3. The first-order valence-corrected chi connectivity index (χ1v) is 14.1. The van der Waals surface area contributed by atoms with Gasteiger partial charge in [-0.25, -0.2) is 9.98 Å². The SMILES string of the molecule is CCC(C)(C)C1CCC(N2CCN(CC3=NC4=CC=CCC4(C)C(NCCCN(C)C)=N3)CC2)C1. The molecule has 2 aliphatic heterocycles. The second-order valence-electron chi connectivity index (χ2n) is 12.4. The predicted molar refractivity (Wildman–Crippen MR) is 149 cm³/mol. The van der Waals surface area contributed by atoms with Gasteiger partial charge in [-0.05, 0) is 77.1 Å². The van der Waals surface area contributed by atoms with Gasteiger partial charge >= 0.3 is 0 Å². The lowest BCUT2D eigenvalue weighted by Crippen LogP contribution is -2.51. The zero-order chi connectivity index (χ0) is 25.1. The van der Waals surface area contributed by atoms with Crippen LogP contribution in [0.2, 0.25) is 0 Å². The Morgan fingerprint density at radius 1 is 1.14 bits per heavy atom. The maximum absolute atomic E-state index is 5.10. The fourth-order valence-corrected chi connectivity index (χ4v) is 6.23. The van der Waals surface area contributed by atoms with Gasteiger partial charge in [0.1, 0.15) is 11.7 Å². The molecule has 4 aliphatic rings. The van der Waals surface area contributed by atoms with E-state index >= 15 is 0 Å². The monoisotopic (exact) mass is 482 g/mol. The van der Waals surface area contributed by atoms with Crippen LogP contribution in [0.4, 0.5) is 0 Å². The van der Waals surface area contributed by atoms with Gasteiger partial charge in [0.2, 0.25) is 0 Å². The Kier molecular flexibility index (Phi) is 8.55. The Hall–Kier alpha value is -1.50. The number of fused-ring (bicyclic) bond motifs is 1. The van der Waals surface area contributed by atoms with E-state index in [1.165, 1.54) is 38.8 Å². The standard InChI is InChI=1S/C29H50N6/c1-7-28(2,3)23-12-13-24(21-23)35-19-17-34(18-20-35)22-26-31-25-11-8-9-14-29(25,4)27(32-26)30-15-10-16-33(5)6/h8-9,11,23-24H,7,10,12-22H2,1-6H3,(H,30,31,32). The van der Waals surface area contributed by atoms with Crippen LogP contribution in [0, 0.1) is 16.7 Å². The highest BCUT2D eigenvalue weighted by Gasteiger charge is 2.40. The van der Waals surface area contributed by atoms with Crippen molar-refractivity contribution in [2.75, 3.05) is 59.9 Å². The van der Waals surface area contributed by atoms with Gasteiger partial charge in [-0.1, -0.05) is 39.3 Å². The van der Waals surface area contributed by atoms with Crippen molar-refractivity contribution in [1.29, 1.82) is 0 Å². The molecule has 6 nitrogen and oxygen atoms in total. The number of hydrogen-bond donors (Lipinski definition) is 1. The van der Waals surface area contributed by atoms with Crippen molar-refractivity contribution in [2.45, 2.75) is 72.3 Å². The number of amidine groups is 2. The van der Waals surface area contributed by atoms with Crippen LogP contribution in [0.1, 0.15) is 66.2 Å². The molecular weight excluding hydrogens is 432 g/mol. The first-order chi connectivity index (χ1) is 16.7. The third-order valence-electron chi connectivity index (χ3n) is 9.28. The molecule has 6 heteroatoms. The van der Waals surface area contributed by atoms with Crippen LogP contribution in [0.15, 0.2) is 33.9 Å². The molecule has 1 saturated heterocycles. The summed E-state index contributed by atoms with van der Waals surface area (Å²) >= 11 is 0. The average Bonchev–Trinajstić information content (AvgIpc) is 3.34. The van der Waals surface area contributed by atoms with Crippen molar-refractivity contribution >= 4 is 11.7 Å². The molecule has 2 fully saturated rings. The van der Waals surface area contributed by atoms with Gasteiger partial charge < -0.3 is 10.2 Å². The van der Waals surface area contributed by atoms with Crippen molar-refractivity contribution in [1.82, 2.24) is 20.0 Å². The normalized spacial score (nSPS) is 30.2. The minimum Gasteiger partial charge on any atom is -0.373 e.